The van der Waals surface area contributed by atoms with Crippen molar-refractivity contribution >= 4 is 16.9 Å². The summed E-state index contributed by atoms with van der Waals surface area (Å²) in [6.45, 7) is 6.73. The van der Waals surface area contributed by atoms with Gasteiger partial charge in [-0.2, -0.15) is 0 Å². The molecule has 3 rings (SSSR count). The Morgan fingerprint density at radius 1 is 1.29 bits per heavy atom. The van der Waals surface area contributed by atoms with Crippen LogP contribution in [0.1, 0.15) is 42.4 Å². The first-order chi connectivity index (χ1) is 13.2. The van der Waals surface area contributed by atoms with Gasteiger partial charge in [0.1, 0.15) is 5.75 Å². The molecule has 0 saturated heterocycles. The van der Waals surface area contributed by atoms with Crippen molar-refractivity contribution in [2.75, 3.05) is 0 Å². The SMILES string of the molecule is CCc1c(-c2ccc3c(c2)cc(CNC(C)C)n3C)[nH]c(=O)c(C(=O)O)c1O. The number of H-pyrrole nitrogens is 1. The molecule has 2 aromatic heterocycles. The van der Waals surface area contributed by atoms with Gasteiger partial charge in [0.15, 0.2) is 5.56 Å². The lowest BCUT2D eigenvalue weighted by Crippen LogP contribution is -2.22. The monoisotopic (exact) mass is 383 g/mol. The molecule has 0 unspecified atom stereocenters. The number of aromatic hydroxyl groups is 1. The standard InChI is InChI=1S/C21H25N3O4/c1-5-15-18(23-20(26)17(19(15)25)21(27)28)12-6-7-16-13(8-12)9-14(24(16)4)10-22-11(2)3/h6-9,11,22H,5,10H2,1-4H3,(H,27,28)(H2,23,25,26). The molecular formula is C21H25N3O4. The number of pyridine rings is 1. The topological polar surface area (TPSA) is 107 Å². The number of carboxylic acids is 1. The van der Waals surface area contributed by atoms with E-state index in [0.717, 1.165) is 28.7 Å². The summed E-state index contributed by atoms with van der Waals surface area (Å²) in [5, 5.41) is 24.0. The maximum atomic E-state index is 12.2. The molecule has 3 aromatic rings. The molecule has 0 bridgehead atoms. The fourth-order valence-corrected chi connectivity index (χ4v) is 3.46. The van der Waals surface area contributed by atoms with Crippen molar-refractivity contribution in [3.8, 4) is 17.0 Å². The van der Waals surface area contributed by atoms with Crippen molar-refractivity contribution in [3.05, 3.63) is 51.4 Å². The van der Waals surface area contributed by atoms with Crippen molar-refractivity contribution in [2.45, 2.75) is 39.8 Å². The fourth-order valence-electron chi connectivity index (χ4n) is 3.46. The molecule has 2 heterocycles. The van der Waals surface area contributed by atoms with Gasteiger partial charge in [-0.25, -0.2) is 4.79 Å². The first-order valence-electron chi connectivity index (χ1n) is 9.28. The van der Waals surface area contributed by atoms with Crippen LogP contribution in [0, 0.1) is 0 Å². The Balaban J connectivity index is 2.14. The van der Waals surface area contributed by atoms with Crippen LogP contribution in [-0.2, 0) is 20.0 Å². The molecule has 28 heavy (non-hydrogen) atoms. The Kier molecular flexibility index (Phi) is 5.29. The van der Waals surface area contributed by atoms with Crippen molar-refractivity contribution < 1.29 is 15.0 Å². The highest BCUT2D eigenvalue weighted by atomic mass is 16.4. The molecule has 0 radical (unpaired) electrons. The molecule has 7 heteroatoms. The Hall–Kier alpha value is -3.06. The van der Waals surface area contributed by atoms with E-state index in [2.05, 4.69) is 34.8 Å². The maximum Gasteiger partial charge on any atom is 0.345 e. The van der Waals surface area contributed by atoms with E-state index in [0.29, 0.717) is 23.7 Å². The third kappa shape index (κ3) is 3.41. The normalized spacial score (nSPS) is 11.5. The highest BCUT2D eigenvalue weighted by Gasteiger charge is 2.22. The van der Waals surface area contributed by atoms with Crippen LogP contribution < -0.4 is 10.9 Å². The van der Waals surface area contributed by atoms with Gasteiger partial charge in [-0.1, -0.05) is 26.8 Å². The lowest BCUT2D eigenvalue weighted by molar-refractivity contribution is 0.0691. The van der Waals surface area contributed by atoms with E-state index in [4.69, 9.17) is 0 Å². The Bertz CT molecular complexity index is 1110. The number of carboxylic acid groups (broad SMARTS) is 1. The van der Waals surface area contributed by atoms with Gasteiger partial charge in [-0.3, -0.25) is 4.79 Å². The number of fused-ring (bicyclic) bond motifs is 1. The van der Waals surface area contributed by atoms with E-state index in [-0.39, 0.29) is 0 Å². The zero-order chi connectivity index (χ0) is 20.6. The lowest BCUT2D eigenvalue weighted by atomic mass is 9.99. The van der Waals surface area contributed by atoms with Crippen LogP contribution in [0.2, 0.25) is 0 Å². The summed E-state index contributed by atoms with van der Waals surface area (Å²) in [7, 11) is 2.01. The van der Waals surface area contributed by atoms with Crippen molar-refractivity contribution in [3.63, 3.8) is 0 Å². The molecule has 0 aliphatic carbocycles. The molecule has 1 aromatic carbocycles. The molecule has 0 amide bonds. The Morgan fingerprint density at radius 3 is 2.61 bits per heavy atom. The average molecular weight is 383 g/mol. The lowest BCUT2D eigenvalue weighted by Gasteiger charge is -2.12. The summed E-state index contributed by atoms with van der Waals surface area (Å²) in [4.78, 5) is 26.1. The molecule has 148 valence electrons. The second-order valence-electron chi connectivity index (χ2n) is 7.19. The van der Waals surface area contributed by atoms with Crippen molar-refractivity contribution in [1.29, 1.82) is 0 Å². The minimum absolute atomic E-state index is 0.376. The van der Waals surface area contributed by atoms with Crippen LogP contribution in [0.3, 0.4) is 0 Å². The van der Waals surface area contributed by atoms with Crippen LogP contribution in [-0.4, -0.2) is 31.8 Å². The number of hydrogen-bond acceptors (Lipinski definition) is 4. The third-order valence-electron chi connectivity index (χ3n) is 4.98. The molecule has 0 aliphatic rings. The molecular weight excluding hydrogens is 358 g/mol. The summed E-state index contributed by atoms with van der Waals surface area (Å²) < 4.78 is 2.11. The molecule has 0 spiro atoms. The molecule has 0 saturated carbocycles. The summed E-state index contributed by atoms with van der Waals surface area (Å²) >= 11 is 0. The van der Waals surface area contributed by atoms with Crippen LogP contribution in [0.15, 0.2) is 29.1 Å². The first kappa shape index (κ1) is 19.7. The van der Waals surface area contributed by atoms with Gasteiger partial charge in [0.25, 0.3) is 5.56 Å². The summed E-state index contributed by atoms with van der Waals surface area (Å²) in [6, 6.07) is 8.24. The number of aryl methyl sites for hydroxylation is 1. The number of aromatic amines is 1. The van der Waals surface area contributed by atoms with Crippen molar-refractivity contribution in [1.82, 2.24) is 14.9 Å². The highest BCUT2D eigenvalue weighted by Crippen LogP contribution is 2.32. The van der Waals surface area contributed by atoms with Crippen LogP contribution in [0.4, 0.5) is 0 Å². The van der Waals surface area contributed by atoms with E-state index in [1.54, 1.807) is 6.92 Å². The molecule has 4 N–H and O–H groups in total. The minimum atomic E-state index is -1.44. The number of hydrogen-bond donors (Lipinski definition) is 4. The second kappa shape index (κ2) is 7.52. The summed E-state index contributed by atoms with van der Waals surface area (Å²) in [5.41, 5.74) is 2.33. The van der Waals surface area contributed by atoms with Crippen LogP contribution in [0.25, 0.3) is 22.2 Å². The number of nitrogens with zero attached hydrogens (tertiary/aromatic N) is 1. The average Bonchev–Trinajstić information content (AvgIpc) is 2.94. The number of nitrogens with one attached hydrogen (secondary N) is 2. The largest absolute Gasteiger partial charge is 0.506 e. The van der Waals surface area contributed by atoms with E-state index in [1.807, 2.05) is 25.2 Å². The number of aromatic nitrogens is 2. The van der Waals surface area contributed by atoms with E-state index < -0.39 is 22.8 Å². The summed E-state index contributed by atoms with van der Waals surface area (Å²) in [5.74, 6) is -1.91. The smallest absolute Gasteiger partial charge is 0.345 e. The maximum absolute atomic E-state index is 12.2. The quantitative estimate of drug-likeness (QED) is 0.523. The molecule has 0 atom stereocenters. The second-order valence-corrected chi connectivity index (χ2v) is 7.19. The molecule has 0 aliphatic heterocycles. The zero-order valence-corrected chi connectivity index (χ0v) is 16.5. The zero-order valence-electron chi connectivity index (χ0n) is 16.5. The van der Waals surface area contributed by atoms with E-state index in [9.17, 15) is 19.8 Å². The number of aromatic carboxylic acids is 1. The van der Waals surface area contributed by atoms with Gasteiger partial charge in [0.2, 0.25) is 0 Å². The predicted octanol–water partition coefficient (Wildman–Crippen LogP) is 3.00. The Morgan fingerprint density at radius 2 is 2.00 bits per heavy atom. The predicted molar refractivity (Wildman–Crippen MR) is 109 cm³/mol. The number of rotatable bonds is 6. The van der Waals surface area contributed by atoms with Crippen LogP contribution >= 0.6 is 0 Å². The van der Waals surface area contributed by atoms with Gasteiger partial charge in [0.05, 0.1) is 5.69 Å². The van der Waals surface area contributed by atoms with E-state index in [1.165, 1.54) is 0 Å². The van der Waals surface area contributed by atoms with E-state index >= 15 is 0 Å². The van der Waals surface area contributed by atoms with Gasteiger partial charge in [0, 0.05) is 41.8 Å². The van der Waals surface area contributed by atoms with Crippen molar-refractivity contribution in [2.24, 2.45) is 7.05 Å². The fraction of sp³-hybridized carbons (Fsp3) is 0.333. The third-order valence-corrected chi connectivity index (χ3v) is 4.98. The van der Waals surface area contributed by atoms with Gasteiger partial charge in [-0.15, -0.1) is 0 Å². The van der Waals surface area contributed by atoms with Gasteiger partial charge < -0.3 is 25.1 Å². The van der Waals surface area contributed by atoms with Gasteiger partial charge in [-0.05, 0) is 30.2 Å². The number of carbonyl (C=O) groups is 1. The molecule has 0 fully saturated rings. The highest BCUT2D eigenvalue weighted by molar-refractivity contribution is 5.92. The molecule has 7 nitrogen and oxygen atoms in total. The van der Waals surface area contributed by atoms with Gasteiger partial charge >= 0.3 is 5.97 Å². The summed E-state index contributed by atoms with van der Waals surface area (Å²) in [6.07, 6.45) is 0.384. The minimum Gasteiger partial charge on any atom is -0.506 e. The first-order valence-corrected chi connectivity index (χ1v) is 9.28. The number of benzene rings is 1. The Labute approximate surface area is 162 Å². The van der Waals surface area contributed by atoms with Crippen LogP contribution in [0.5, 0.6) is 5.75 Å².